The minimum atomic E-state index is -0.148. The Kier molecular flexibility index (Phi) is 16.9. The van der Waals surface area contributed by atoms with Crippen LogP contribution in [0.2, 0.25) is 0 Å². The summed E-state index contributed by atoms with van der Waals surface area (Å²) in [4.78, 5) is 22.6. The Morgan fingerprint density at radius 1 is 1.18 bits per heavy atom. The summed E-state index contributed by atoms with van der Waals surface area (Å²) in [6.07, 6.45) is 0.748. The fraction of sp³-hybridized carbons (Fsp3) is 0.750. The molecule has 1 fully saturated rings. The SMILES string of the molecule is C=C(C)C.CCN(CC)CCNCCN.O=C1CCC(=O)N1. The fourth-order valence-electron chi connectivity index (χ4n) is 1.51. The molecule has 0 unspecified atom stereocenters. The van der Waals surface area contributed by atoms with E-state index >= 15 is 0 Å². The van der Waals surface area contributed by atoms with Crippen LogP contribution in [0.1, 0.15) is 40.5 Å². The third-order valence-corrected chi connectivity index (χ3v) is 2.68. The van der Waals surface area contributed by atoms with Crippen molar-refractivity contribution in [2.45, 2.75) is 40.5 Å². The number of amides is 2. The van der Waals surface area contributed by atoms with Crippen molar-refractivity contribution < 1.29 is 9.59 Å². The number of carbonyl (C=O) groups is 2. The second-order valence-electron chi connectivity index (χ2n) is 5.24. The van der Waals surface area contributed by atoms with E-state index in [2.05, 4.69) is 36.0 Å². The molecule has 130 valence electrons. The van der Waals surface area contributed by atoms with Crippen molar-refractivity contribution in [1.82, 2.24) is 15.5 Å². The zero-order chi connectivity index (χ0) is 17.4. The molecular formula is C16H34N4O2. The highest BCUT2D eigenvalue weighted by Crippen LogP contribution is 1.95. The smallest absolute Gasteiger partial charge is 0.227 e. The summed E-state index contributed by atoms with van der Waals surface area (Å²) in [5.41, 5.74) is 6.50. The highest BCUT2D eigenvalue weighted by molar-refractivity contribution is 6.01. The second kappa shape index (κ2) is 16.1. The van der Waals surface area contributed by atoms with Crippen molar-refractivity contribution in [3.05, 3.63) is 12.2 Å². The minimum Gasteiger partial charge on any atom is -0.329 e. The molecule has 6 heteroatoms. The molecule has 0 aromatic heterocycles. The molecule has 0 radical (unpaired) electrons. The molecule has 1 rings (SSSR count). The molecule has 0 aromatic rings. The van der Waals surface area contributed by atoms with Crippen molar-refractivity contribution in [2.24, 2.45) is 5.73 Å². The number of likely N-dealkylation sites (N-methyl/N-ethyl adjacent to an activating group) is 1. The standard InChI is InChI=1S/C8H21N3.C4H5NO2.C4H8/c1-3-11(4-2)8-7-10-6-5-9;6-3-1-2-4(7)5-3;1-4(2)3/h10H,3-9H2,1-2H3;1-2H2,(H,5,6,7);1H2,2-3H3. The van der Waals surface area contributed by atoms with Crippen LogP contribution < -0.4 is 16.4 Å². The summed E-state index contributed by atoms with van der Waals surface area (Å²) >= 11 is 0. The number of hydrogen-bond acceptors (Lipinski definition) is 5. The summed E-state index contributed by atoms with van der Waals surface area (Å²) in [6.45, 7) is 18.0. The van der Waals surface area contributed by atoms with Crippen LogP contribution in [0.4, 0.5) is 0 Å². The summed E-state index contributed by atoms with van der Waals surface area (Å²) in [5, 5.41) is 5.41. The van der Waals surface area contributed by atoms with E-state index in [9.17, 15) is 9.59 Å². The lowest BCUT2D eigenvalue weighted by Gasteiger charge is -2.17. The molecule has 0 aliphatic carbocycles. The maximum Gasteiger partial charge on any atom is 0.227 e. The zero-order valence-corrected chi connectivity index (χ0v) is 14.7. The van der Waals surface area contributed by atoms with Crippen molar-refractivity contribution >= 4 is 11.8 Å². The number of imide groups is 1. The lowest BCUT2D eigenvalue weighted by Crippen LogP contribution is -2.33. The topological polar surface area (TPSA) is 87.5 Å². The van der Waals surface area contributed by atoms with Crippen LogP contribution in [0.25, 0.3) is 0 Å². The summed E-state index contributed by atoms with van der Waals surface area (Å²) in [6, 6.07) is 0. The van der Waals surface area contributed by atoms with Gasteiger partial charge in [0.2, 0.25) is 11.8 Å². The van der Waals surface area contributed by atoms with Crippen molar-refractivity contribution in [3.8, 4) is 0 Å². The third-order valence-electron chi connectivity index (χ3n) is 2.68. The van der Waals surface area contributed by atoms with Crippen LogP contribution >= 0.6 is 0 Å². The quantitative estimate of drug-likeness (QED) is 0.369. The van der Waals surface area contributed by atoms with Crippen LogP contribution in [-0.4, -0.2) is 56.0 Å². The molecule has 1 heterocycles. The molecule has 0 bridgehead atoms. The van der Waals surface area contributed by atoms with Crippen LogP contribution in [0.3, 0.4) is 0 Å². The van der Waals surface area contributed by atoms with E-state index in [1.165, 1.54) is 5.57 Å². The van der Waals surface area contributed by atoms with E-state index in [0.29, 0.717) is 12.8 Å². The maximum atomic E-state index is 10.1. The highest BCUT2D eigenvalue weighted by atomic mass is 16.2. The van der Waals surface area contributed by atoms with E-state index in [-0.39, 0.29) is 11.8 Å². The first-order valence-corrected chi connectivity index (χ1v) is 7.95. The Balaban J connectivity index is 0. The maximum absolute atomic E-state index is 10.1. The lowest BCUT2D eigenvalue weighted by atomic mass is 10.4. The first kappa shape index (κ1) is 23.0. The average Bonchev–Trinajstić information content (AvgIpc) is 2.83. The number of nitrogens with two attached hydrogens (primary N) is 1. The van der Waals surface area contributed by atoms with Gasteiger partial charge in [0.1, 0.15) is 0 Å². The van der Waals surface area contributed by atoms with Gasteiger partial charge in [0.25, 0.3) is 0 Å². The predicted molar refractivity (Wildman–Crippen MR) is 92.6 cm³/mol. The largest absolute Gasteiger partial charge is 0.329 e. The number of rotatable bonds is 7. The molecular weight excluding hydrogens is 280 g/mol. The van der Waals surface area contributed by atoms with E-state index in [1.54, 1.807) is 0 Å². The van der Waals surface area contributed by atoms with E-state index in [0.717, 1.165) is 39.3 Å². The van der Waals surface area contributed by atoms with Gasteiger partial charge in [-0.25, -0.2) is 0 Å². The Morgan fingerprint density at radius 3 is 1.91 bits per heavy atom. The molecule has 4 N–H and O–H groups in total. The van der Waals surface area contributed by atoms with Gasteiger partial charge in [-0.2, -0.15) is 0 Å². The minimum absolute atomic E-state index is 0.148. The number of nitrogens with one attached hydrogen (secondary N) is 2. The van der Waals surface area contributed by atoms with E-state index < -0.39 is 0 Å². The summed E-state index contributed by atoms with van der Waals surface area (Å²) in [7, 11) is 0. The highest BCUT2D eigenvalue weighted by Gasteiger charge is 2.15. The third kappa shape index (κ3) is 18.8. The van der Waals surface area contributed by atoms with Crippen LogP contribution in [-0.2, 0) is 9.59 Å². The zero-order valence-electron chi connectivity index (χ0n) is 14.7. The van der Waals surface area contributed by atoms with Crippen LogP contribution in [0.15, 0.2) is 12.2 Å². The molecule has 1 aliphatic heterocycles. The molecule has 22 heavy (non-hydrogen) atoms. The molecule has 0 spiro atoms. The molecule has 2 amide bonds. The van der Waals surface area contributed by atoms with Gasteiger partial charge in [0, 0.05) is 39.0 Å². The molecule has 6 nitrogen and oxygen atoms in total. The van der Waals surface area contributed by atoms with Gasteiger partial charge in [0.05, 0.1) is 0 Å². The van der Waals surface area contributed by atoms with Gasteiger partial charge in [-0.3, -0.25) is 14.9 Å². The second-order valence-corrected chi connectivity index (χ2v) is 5.24. The van der Waals surface area contributed by atoms with Crippen LogP contribution in [0.5, 0.6) is 0 Å². The molecule has 1 saturated heterocycles. The molecule has 0 saturated carbocycles. The monoisotopic (exact) mass is 314 g/mol. The fourth-order valence-corrected chi connectivity index (χ4v) is 1.51. The van der Waals surface area contributed by atoms with Crippen molar-refractivity contribution in [3.63, 3.8) is 0 Å². The molecule has 0 atom stereocenters. The number of allylic oxidation sites excluding steroid dienone is 1. The number of hydrogen-bond donors (Lipinski definition) is 3. The molecule has 1 aliphatic rings. The van der Waals surface area contributed by atoms with Gasteiger partial charge in [-0.15, -0.1) is 6.58 Å². The average molecular weight is 314 g/mol. The van der Waals surface area contributed by atoms with Crippen molar-refractivity contribution in [1.29, 1.82) is 0 Å². The number of nitrogens with zero attached hydrogens (tertiary/aromatic N) is 1. The van der Waals surface area contributed by atoms with E-state index in [1.807, 2.05) is 13.8 Å². The Labute approximate surface area is 135 Å². The van der Waals surface area contributed by atoms with Crippen LogP contribution in [0, 0.1) is 0 Å². The summed E-state index contributed by atoms with van der Waals surface area (Å²) in [5.74, 6) is -0.296. The van der Waals surface area contributed by atoms with Gasteiger partial charge in [-0.1, -0.05) is 19.4 Å². The summed E-state index contributed by atoms with van der Waals surface area (Å²) < 4.78 is 0. The Morgan fingerprint density at radius 2 is 1.64 bits per heavy atom. The Hall–Kier alpha value is -1.24. The first-order chi connectivity index (χ1) is 10.4. The number of carbonyl (C=O) groups excluding carboxylic acids is 2. The van der Waals surface area contributed by atoms with Crippen molar-refractivity contribution in [2.75, 3.05) is 39.3 Å². The first-order valence-electron chi connectivity index (χ1n) is 7.95. The Bertz CT molecular complexity index is 297. The van der Waals surface area contributed by atoms with Gasteiger partial charge in [-0.05, 0) is 26.9 Å². The molecule has 0 aromatic carbocycles. The van der Waals surface area contributed by atoms with Gasteiger partial charge in [0.15, 0.2) is 0 Å². The van der Waals surface area contributed by atoms with Gasteiger partial charge >= 0.3 is 0 Å². The predicted octanol–water partition coefficient (Wildman–Crippen LogP) is 0.882. The lowest BCUT2D eigenvalue weighted by molar-refractivity contribution is -0.124. The van der Waals surface area contributed by atoms with Gasteiger partial charge < -0.3 is 16.0 Å². The van der Waals surface area contributed by atoms with E-state index in [4.69, 9.17) is 5.73 Å². The normalized spacial score (nSPS) is 13.0.